The second-order valence-electron chi connectivity index (χ2n) is 4.72. The third-order valence-electron chi connectivity index (χ3n) is 3.46. The highest BCUT2D eigenvalue weighted by Gasteiger charge is 2.24. The Bertz CT molecular complexity index is 588. The van der Waals surface area contributed by atoms with Crippen molar-refractivity contribution in [3.8, 4) is 0 Å². The van der Waals surface area contributed by atoms with Crippen LogP contribution in [-0.4, -0.2) is 5.91 Å². The quantitative estimate of drug-likeness (QED) is 0.823. The minimum absolute atomic E-state index is 0.0181. The molecule has 3 nitrogen and oxygen atoms in total. The number of rotatable bonds is 2. The molecular formula is C15H14INO2. The molecule has 1 aliphatic carbocycles. The first kappa shape index (κ1) is 12.7. The van der Waals surface area contributed by atoms with Crippen molar-refractivity contribution in [3.63, 3.8) is 0 Å². The summed E-state index contributed by atoms with van der Waals surface area (Å²) in [6, 6.07) is 9.65. The largest absolute Gasteiger partial charge is 0.469 e. The molecule has 0 saturated carbocycles. The van der Waals surface area contributed by atoms with Crippen molar-refractivity contribution >= 4 is 28.5 Å². The second-order valence-corrected chi connectivity index (χ2v) is 5.97. The van der Waals surface area contributed by atoms with E-state index >= 15 is 0 Å². The van der Waals surface area contributed by atoms with Crippen LogP contribution >= 0.6 is 22.6 Å². The van der Waals surface area contributed by atoms with Crippen LogP contribution in [0.25, 0.3) is 0 Å². The van der Waals surface area contributed by atoms with E-state index in [0.29, 0.717) is 5.56 Å². The molecule has 1 aromatic carbocycles. The highest BCUT2D eigenvalue weighted by Crippen LogP contribution is 2.30. The Hall–Kier alpha value is -1.30. The van der Waals surface area contributed by atoms with Gasteiger partial charge in [-0.1, -0.05) is 0 Å². The fraction of sp³-hybridized carbons (Fsp3) is 0.267. The molecule has 0 aliphatic heterocycles. The summed E-state index contributed by atoms with van der Waals surface area (Å²) in [6.45, 7) is 0. The normalized spacial score (nSPS) is 17.8. The first-order chi connectivity index (χ1) is 9.24. The van der Waals surface area contributed by atoms with E-state index in [1.807, 2.05) is 30.3 Å². The molecule has 0 spiro atoms. The number of benzene rings is 1. The predicted octanol–water partition coefficient (Wildman–Crippen LogP) is 3.69. The molecule has 1 amide bonds. The number of hydrogen-bond acceptors (Lipinski definition) is 2. The van der Waals surface area contributed by atoms with Gasteiger partial charge in [0, 0.05) is 21.1 Å². The Labute approximate surface area is 125 Å². The molecule has 1 N–H and O–H groups in total. The van der Waals surface area contributed by atoms with Crippen LogP contribution in [0.3, 0.4) is 0 Å². The number of fused-ring (bicyclic) bond motifs is 1. The SMILES string of the molecule is O=C(NC1CCCc2occc21)c1ccc(I)cc1. The summed E-state index contributed by atoms with van der Waals surface area (Å²) in [5.74, 6) is 0.995. The summed E-state index contributed by atoms with van der Waals surface area (Å²) in [4.78, 5) is 12.2. The van der Waals surface area contributed by atoms with Crippen molar-refractivity contribution in [2.45, 2.75) is 25.3 Å². The average molecular weight is 367 g/mol. The van der Waals surface area contributed by atoms with E-state index in [-0.39, 0.29) is 11.9 Å². The Kier molecular flexibility index (Phi) is 3.59. The topological polar surface area (TPSA) is 42.2 Å². The number of aryl methyl sites for hydroxylation is 1. The molecule has 1 unspecified atom stereocenters. The van der Waals surface area contributed by atoms with Crippen molar-refractivity contribution in [1.29, 1.82) is 0 Å². The van der Waals surface area contributed by atoms with Crippen LogP contribution in [0.2, 0.25) is 0 Å². The zero-order chi connectivity index (χ0) is 13.2. The number of nitrogens with one attached hydrogen (secondary N) is 1. The lowest BCUT2D eigenvalue weighted by Crippen LogP contribution is -2.30. The highest BCUT2D eigenvalue weighted by molar-refractivity contribution is 14.1. The zero-order valence-electron chi connectivity index (χ0n) is 10.4. The van der Waals surface area contributed by atoms with Crippen molar-refractivity contribution in [2.24, 2.45) is 0 Å². The molecule has 19 heavy (non-hydrogen) atoms. The van der Waals surface area contributed by atoms with Gasteiger partial charge in [0.15, 0.2) is 0 Å². The van der Waals surface area contributed by atoms with E-state index in [1.165, 1.54) is 0 Å². The molecule has 2 aromatic rings. The first-order valence-corrected chi connectivity index (χ1v) is 7.44. The number of carbonyl (C=O) groups excluding carboxylic acids is 1. The number of furan rings is 1. The van der Waals surface area contributed by atoms with Gasteiger partial charge in [-0.15, -0.1) is 0 Å². The average Bonchev–Trinajstić information content (AvgIpc) is 2.89. The van der Waals surface area contributed by atoms with E-state index in [9.17, 15) is 4.79 Å². The Morgan fingerprint density at radius 1 is 1.26 bits per heavy atom. The summed E-state index contributed by atoms with van der Waals surface area (Å²) < 4.78 is 6.57. The van der Waals surface area contributed by atoms with Gasteiger partial charge in [-0.05, 0) is 65.8 Å². The maximum absolute atomic E-state index is 12.2. The zero-order valence-corrected chi connectivity index (χ0v) is 12.5. The lowest BCUT2D eigenvalue weighted by atomic mass is 9.93. The third kappa shape index (κ3) is 2.68. The number of halogens is 1. The van der Waals surface area contributed by atoms with Gasteiger partial charge in [-0.3, -0.25) is 4.79 Å². The van der Waals surface area contributed by atoms with Gasteiger partial charge < -0.3 is 9.73 Å². The summed E-state index contributed by atoms with van der Waals surface area (Å²) in [5, 5.41) is 3.10. The second kappa shape index (κ2) is 5.36. The number of amides is 1. The maximum atomic E-state index is 12.2. The van der Waals surface area contributed by atoms with Crippen LogP contribution in [-0.2, 0) is 6.42 Å². The van der Waals surface area contributed by atoms with Gasteiger partial charge >= 0.3 is 0 Å². The van der Waals surface area contributed by atoms with E-state index in [0.717, 1.165) is 34.2 Å². The molecule has 98 valence electrons. The molecular weight excluding hydrogens is 353 g/mol. The Morgan fingerprint density at radius 2 is 2.05 bits per heavy atom. The summed E-state index contributed by atoms with van der Waals surface area (Å²) in [5.41, 5.74) is 1.83. The summed E-state index contributed by atoms with van der Waals surface area (Å²) in [7, 11) is 0. The Morgan fingerprint density at radius 3 is 2.84 bits per heavy atom. The maximum Gasteiger partial charge on any atom is 0.251 e. The molecule has 0 radical (unpaired) electrons. The predicted molar refractivity (Wildman–Crippen MR) is 81.0 cm³/mol. The standard InChI is InChI=1S/C15H14INO2/c16-11-6-4-10(5-7-11)15(18)17-13-2-1-3-14-12(13)8-9-19-14/h4-9,13H,1-3H2,(H,17,18). The fourth-order valence-corrected chi connectivity index (χ4v) is 2.84. The van der Waals surface area contributed by atoms with E-state index < -0.39 is 0 Å². The van der Waals surface area contributed by atoms with Gasteiger partial charge in [0.05, 0.1) is 12.3 Å². The van der Waals surface area contributed by atoms with Crippen molar-refractivity contribution in [2.75, 3.05) is 0 Å². The van der Waals surface area contributed by atoms with Gasteiger partial charge in [0.25, 0.3) is 5.91 Å². The lowest BCUT2D eigenvalue weighted by molar-refractivity contribution is 0.0932. The first-order valence-electron chi connectivity index (χ1n) is 6.37. The number of carbonyl (C=O) groups is 1. The van der Waals surface area contributed by atoms with Crippen LogP contribution in [0.4, 0.5) is 0 Å². The monoisotopic (exact) mass is 367 g/mol. The lowest BCUT2D eigenvalue weighted by Gasteiger charge is -2.22. The summed E-state index contributed by atoms with van der Waals surface area (Å²) in [6.07, 6.45) is 4.71. The molecule has 3 rings (SSSR count). The fourth-order valence-electron chi connectivity index (χ4n) is 2.48. The van der Waals surface area contributed by atoms with Crippen LogP contribution in [0.15, 0.2) is 41.0 Å². The van der Waals surface area contributed by atoms with E-state index in [4.69, 9.17) is 4.42 Å². The summed E-state index contributed by atoms with van der Waals surface area (Å²) >= 11 is 2.23. The molecule has 1 heterocycles. The van der Waals surface area contributed by atoms with Crippen LogP contribution in [0.1, 0.15) is 40.6 Å². The molecule has 1 aliphatic rings. The minimum Gasteiger partial charge on any atom is -0.469 e. The van der Waals surface area contributed by atoms with Gasteiger partial charge in [-0.2, -0.15) is 0 Å². The highest BCUT2D eigenvalue weighted by atomic mass is 127. The van der Waals surface area contributed by atoms with Gasteiger partial charge in [0.2, 0.25) is 0 Å². The molecule has 4 heteroatoms. The Balaban J connectivity index is 1.76. The third-order valence-corrected chi connectivity index (χ3v) is 4.18. The molecule has 0 bridgehead atoms. The van der Waals surface area contributed by atoms with Gasteiger partial charge in [0.1, 0.15) is 5.76 Å². The van der Waals surface area contributed by atoms with Crippen molar-refractivity contribution in [3.05, 3.63) is 57.1 Å². The van der Waals surface area contributed by atoms with E-state index in [2.05, 4.69) is 27.9 Å². The van der Waals surface area contributed by atoms with Gasteiger partial charge in [-0.25, -0.2) is 0 Å². The molecule has 1 aromatic heterocycles. The smallest absolute Gasteiger partial charge is 0.251 e. The van der Waals surface area contributed by atoms with Crippen molar-refractivity contribution < 1.29 is 9.21 Å². The molecule has 0 fully saturated rings. The molecule has 0 saturated heterocycles. The number of hydrogen-bond donors (Lipinski definition) is 1. The van der Waals surface area contributed by atoms with Crippen LogP contribution in [0.5, 0.6) is 0 Å². The van der Waals surface area contributed by atoms with E-state index in [1.54, 1.807) is 6.26 Å². The van der Waals surface area contributed by atoms with Crippen LogP contribution < -0.4 is 5.32 Å². The van der Waals surface area contributed by atoms with Crippen LogP contribution in [0, 0.1) is 3.57 Å². The minimum atomic E-state index is -0.0181. The molecule has 1 atom stereocenters. The van der Waals surface area contributed by atoms with Crippen molar-refractivity contribution in [1.82, 2.24) is 5.32 Å².